The van der Waals surface area contributed by atoms with Crippen LogP contribution >= 0.6 is 0 Å². The molecule has 4 aromatic carbocycles. The molecule has 0 heterocycles. The highest BCUT2D eigenvalue weighted by Crippen LogP contribution is 2.26. The van der Waals surface area contributed by atoms with Crippen molar-refractivity contribution in [3.8, 4) is 23.0 Å². The summed E-state index contributed by atoms with van der Waals surface area (Å²) in [5.74, 6) is -2.21. The van der Waals surface area contributed by atoms with Gasteiger partial charge in [0.15, 0.2) is 23.1 Å². The highest BCUT2D eigenvalue weighted by atomic mass is 19.2. The fraction of sp³-hybridized carbons (Fsp3) is 0.478. The second-order valence-electron chi connectivity index (χ2n) is 14.4. The number of halogens is 4. The van der Waals surface area contributed by atoms with Gasteiger partial charge in [0.1, 0.15) is 11.5 Å². The molecule has 0 aliphatic heterocycles. The van der Waals surface area contributed by atoms with Crippen molar-refractivity contribution in [1.29, 1.82) is 0 Å². The Kier molecular flexibility index (Phi) is 18.6. The van der Waals surface area contributed by atoms with E-state index in [1.165, 1.54) is 76.0 Å². The minimum absolute atomic E-state index is 0.0453. The van der Waals surface area contributed by atoms with E-state index in [0.29, 0.717) is 51.1 Å². The van der Waals surface area contributed by atoms with Crippen molar-refractivity contribution < 1.29 is 36.9 Å². The average molecular weight is 751 g/mol. The van der Waals surface area contributed by atoms with E-state index in [1.807, 2.05) is 48.5 Å². The molecule has 54 heavy (non-hydrogen) atoms. The van der Waals surface area contributed by atoms with E-state index >= 15 is 0 Å². The lowest BCUT2D eigenvalue weighted by Gasteiger charge is -2.11. The van der Waals surface area contributed by atoms with Crippen molar-refractivity contribution in [3.63, 3.8) is 0 Å². The van der Waals surface area contributed by atoms with Crippen LogP contribution in [-0.2, 0) is 25.7 Å². The van der Waals surface area contributed by atoms with Gasteiger partial charge in [0.2, 0.25) is 11.6 Å². The van der Waals surface area contributed by atoms with Crippen molar-refractivity contribution in [3.05, 3.63) is 118 Å². The standard InChI is InChI=1S/C46H58F4O4/c1-3-52-42-31-25-38(44(48)46(42)50)23-17-36-20-28-40(29-21-36)54-33-13-9-5-7-11-15-34(2)14-10-6-4-8-12-32-53-39-26-18-35(19-27-39)16-22-37-24-30-41(51)45(49)43(37)47/h18-21,24-31,34,51H,3-17,22-23,32-33H2,1-2H3. The number of phenolic OH excluding ortho intramolecular Hbond substituents is 1. The van der Waals surface area contributed by atoms with E-state index in [9.17, 15) is 22.7 Å². The molecule has 0 spiro atoms. The van der Waals surface area contributed by atoms with Crippen LogP contribution in [0.1, 0.15) is 113 Å². The highest BCUT2D eigenvalue weighted by molar-refractivity contribution is 5.34. The van der Waals surface area contributed by atoms with Crippen LogP contribution in [0.4, 0.5) is 17.6 Å². The molecule has 0 radical (unpaired) electrons. The van der Waals surface area contributed by atoms with Gasteiger partial charge in [0.25, 0.3) is 0 Å². The summed E-state index contributed by atoms with van der Waals surface area (Å²) in [6.07, 6.45) is 16.5. The molecule has 1 N–H and O–H groups in total. The maximum atomic E-state index is 14.4. The Bertz CT molecular complexity index is 1660. The fourth-order valence-corrected chi connectivity index (χ4v) is 6.64. The summed E-state index contributed by atoms with van der Waals surface area (Å²) in [5.41, 5.74) is 2.67. The molecule has 4 aromatic rings. The molecule has 0 saturated carbocycles. The molecule has 0 bridgehead atoms. The normalized spacial score (nSPS) is 11.8. The molecule has 0 aliphatic carbocycles. The van der Waals surface area contributed by atoms with Crippen LogP contribution in [-0.4, -0.2) is 24.9 Å². The third kappa shape index (κ3) is 14.6. The Morgan fingerprint density at radius 1 is 0.481 bits per heavy atom. The molecule has 0 aromatic heterocycles. The van der Waals surface area contributed by atoms with Gasteiger partial charge in [-0.25, -0.2) is 8.78 Å². The first-order valence-corrected chi connectivity index (χ1v) is 19.9. The lowest BCUT2D eigenvalue weighted by Crippen LogP contribution is -2.02. The van der Waals surface area contributed by atoms with Gasteiger partial charge in [-0.15, -0.1) is 0 Å². The van der Waals surface area contributed by atoms with E-state index in [2.05, 4.69) is 6.92 Å². The summed E-state index contributed by atoms with van der Waals surface area (Å²) in [5, 5.41) is 9.28. The summed E-state index contributed by atoms with van der Waals surface area (Å²) >= 11 is 0. The van der Waals surface area contributed by atoms with Crippen molar-refractivity contribution in [2.45, 2.75) is 117 Å². The van der Waals surface area contributed by atoms with Crippen molar-refractivity contribution in [2.75, 3.05) is 19.8 Å². The molecule has 0 saturated heterocycles. The SMILES string of the molecule is CCOc1ccc(CCc2ccc(OCCCCCCCC(C)CCCCCCCOc3ccc(CCc4ccc(O)c(F)c4F)cc3)cc2)c(F)c1F. The second kappa shape index (κ2) is 23.6. The summed E-state index contributed by atoms with van der Waals surface area (Å²) in [6, 6.07) is 21.3. The van der Waals surface area contributed by atoms with Gasteiger partial charge in [-0.05, 0) is 110 Å². The van der Waals surface area contributed by atoms with Crippen LogP contribution < -0.4 is 14.2 Å². The summed E-state index contributed by atoms with van der Waals surface area (Å²) < 4.78 is 73.0. The van der Waals surface area contributed by atoms with E-state index in [1.54, 1.807) is 13.0 Å². The molecule has 1 atom stereocenters. The number of hydrogen-bond donors (Lipinski definition) is 1. The van der Waals surface area contributed by atoms with Crippen LogP contribution in [0.5, 0.6) is 23.0 Å². The molecule has 4 rings (SSSR count). The first kappa shape index (κ1) is 42.5. The highest BCUT2D eigenvalue weighted by Gasteiger charge is 2.15. The van der Waals surface area contributed by atoms with Crippen molar-refractivity contribution in [2.24, 2.45) is 5.92 Å². The van der Waals surface area contributed by atoms with Gasteiger partial charge in [0.05, 0.1) is 19.8 Å². The first-order chi connectivity index (χ1) is 26.2. The lowest BCUT2D eigenvalue weighted by molar-refractivity contribution is 0.303. The molecule has 0 amide bonds. The van der Waals surface area contributed by atoms with Gasteiger partial charge in [-0.1, -0.05) is 108 Å². The van der Waals surface area contributed by atoms with Crippen LogP contribution in [0.15, 0.2) is 72.8 Å². The number of unbranched alkanes of at least 4 members (excludes halogenated alkanes) is 8. The number of aryl methyl sites for hydroxylation is 4. The van der Waals surface area contributed by atoms with Crippen LogP contribution in [0, 0.1) is 29.2 Å². The zero-order valence-corrected chi connectivity index (χ0v) is 32.1. The molecule has 8 heteroatoms. The lowest BCUT2D eigenvalue weighted by atomic mass is 9.96. The number of phenols is 1. The largest absolute Gasteiger partial charge is 0.505 e. The van der Waals surface area contributed by atoms with Crippen molar-refractivity contribution >= 4 is 0 Å². The van der Waals surface area contributed by atoms with Gasteiger partial charge < -0.3 is 19.3 Å². The Balaban J connectivity index is 0.932. The monoisotopic (exact) mass is 750 g/mol. The average Bonchev–Trinajstić information content (AvgIpc) is 3.18. The minimum atomic E-state index is -1.19. The Hall–Kier alpha value is -4.20. The number of rotatable bonds is 26. The number of benzene rings is 4. The van der Waals surface area contributed by atoms with E-state index in [0.717, 1.165) is 47.8 Å². The topological polar surface area (TPSA) is 47.9 Å². The van der Waals surface area contributed by atoms with Gasteiger partial charge >= 0.3 is 0 Å². The van der Waals surface area contributed by atoms with Gasteiger partial charge in [-0.3, -0.25) is 0 Å². The summed E-state index contributed by atoms with van der Waals surface area (Å²) in [4.78, 5) is 0. The summed E-state index contributed by atoms with van der Waals surface area (Å²) in [7, 11) is 0. The smallest absolute Gasteiger partial charge is 0.200 e. The zero-order chi connectivity index (χ0) is 38.5. The number of aromatic hydroxyl groups is 1. The molecule has 1 unspecified atom stereocenters. The van der Waals surface area contributed by atoms with Gasteiger partial charge in [0, 0.05) is 0 Å². The van der Waals surface area contributed by atoms with E-state index in [4.69, 9.17) is 14.2 Å². The van der Waals surface area contributed by atoms with Crippen LogP contribution in [0.2, 0.25) is 0 Å². The van der Waals surface area contributed by atoms with Crippen molar-refractivity contribution in [1.82, 2.24) is 0 Å². The zero-order valence-electron chi connectivity index (χ0n) is 32.1. The Morgan fingerprint density at radius 3 is 1.43 bits per heavy atom. The predicted molar refractivity (Wildman–Crippen MR) is 209 cm³/mol. The molecule has 294 valence electrons. The first-order valence-electron chi connectivity index (χ1n) is 19.9. The maximum absolute atomic E-state index is 14.4. The number of ether oxygens (including phenoxy) is 3. The molecule has 0 aliphatic rings. The molecule has 0 fully saturated rings. The number of hydrogen-bond acceptors (Lipinski definition) is 4. The predicted octanol–water partition coefficient (Wildman–Crippen LogP) is 12.7. The van der Waals surface area contributed by atoms with Gasteiger partial charge in [-0.2, -0.15) is 8.78 Å². The molecule has 4 nitrogen and oxygen atoms in total. The van der Waals surface area contributed by atoms with Crippen LogP contribution in [0.25, 0.3) is 0 Å². The molecular formula is C46H58F4O4. The molecular weight excluding hydrogens is 692 g/mol. The fourth-order valence-electron chi connectivity index (χ4n) is 6.64. The minimum Gasteiger partial charge on any atom is -0.505 e. The van der Waals surface area contributed by atoms with E-state index in [-0.39, 0.29) is 11.3 Å². The quantitative estimate of drug-likeness (QED) is 0.0513. The third-order valence-electron chi connectivity index (χ3n) is 10.0. The Labute approximate surface area is 319 Å². The maximum Gasteiger partial charge on any atom is 0.200 e. The summed E-state index contributed by atoms with van der Waals surface area (Å²) in [6.45, 7) is 5.80. The third-order valence-corrected chi connectivity index (χ3v) is 10.0. The van der Waals surface area contributed by atoms with E-state index < -0.39 is 29.0 Å². The second-order valence-corrected chi connectivity index (χ2v) is 14.4. The Morgan fingerprint density at radius 2 is 0.926 bits per heavy atom. The van der Waals surface area contributed by atoms with Crippen LogP contribution in [0.3, 0.4) is 0 Å².